The summed E-state index contributed by atoms with van der Waals surface area (Å²) in [7, 11) is 0. The van der Waals surface area contributed by atoms with Gasteiger partial charge in [0.1, 0.15) is 0 Å². The molecule has 4 heteroatoms. The normalized spacial score (nSPS) is 25.6. The molecule has 16 heavy (non-hydrogen) atoms. The van der Waals surface area contributed by atoms with Gasteiger partial charge in [-0.05, 0) is 45.1 Å². The van der Waals surface area contributed by atoms with Gasteiger partial charge >= 0.3 is 0 Å². The van der Waals surface area contributed by atoms with Crippen LogP contribution in [0.25, 0.3) is 0 Å². The van der Waals surface area contributed by atoms with Crippen LogP contribution in [0.15, 0.2) is 0 Å². The number of nitrogens with two attached hydrogens (primary N) is 1. The van der Waals surface area contributed by atoms with Gasteiger partial charge in [-0.25, -0.2) is 0 Å². The van der Waals surface area contributed by atoms with Gasteiger partial charge in [-0.3, -0.25) is 9.69 Å². The lowest BCUT2D eigenvalue weighted by atomic mass is 10.0. The molecule has 1 unspecified atom stereocenters. The first-order valence-corrected chi connectivity index (χ1v) is 6.43. The number of amides is 1. The summed E-state index contributed by atoms with van der Waals surface area (Å²) in [4.78, 5) is 13.3. The number of carbonyl (C=O) groups excluding carboxylic acids is 1. The van der Waals surface area contributed by atoms with Crippen molar-refractivity contribution in [3.63, 3.8) is 0 Å². The molecule has 2 fully saturated rings. The average Bonchev–Trinajstić information content (AvgIpc) is 3.10. The molecule has 0 spiro atoms. The van der Waals surface area contributed by atoms with Gasteiger partial charge < -0.3 is 11.1 Å². The van der Waals surface area contributed by atoms with Crippen molar-refractivity contribution in [2.75, 3.05) is 19.6 Å². The smallest absolute Gasteiger partial charge is 0.234 e. The Morgan fingerprint density at radius 1 is 1.38 bits per heavy atom. The maximum absolute atomic E-state index is 11.1. The fraction of sp³-hybridized carbons (Fsp3) is 0.917. The predicted octanol–water partition coefficient (Wildman–Crippen LogP) is 0.324. The van der Waals surface area contributed by atoms with Crippen molar-refractivity contribution < 1.29 is 4.79 Å². The van der Waals surface area contributed by atoms with E-state index < -0.39 is 0 Å². The lowest BCUT2D eigenvalue weighted by Gasteiger charge is -2.35. The number of nitrogens with one attached hydrogen (secondary N) is 1. The zero-order valence-corrected chi connectivity index (χ0v) is 10.1. The van der Waals surface area contributed by atoms with Crippen molar-refractivity contribution in [2.45, 2.75) is 44.7 Å². The van der Waals surface area contributed by atoms with E-state index in [-0.39, 0.29) is 11.9 Å². The zero-order chi connectivity index (χ0) is 11.5. The summed E-state index contributed by atoms with van der Waals surface area (Å²) in [6, 6.07) is 0.543. The molecule has 0 aromatic carbocycles. The molecule has 4 nitrogen and oxygen atoms in total. The largest absolute Gasteiger partial charge is 0.368 e. The second kappa shape index (κ2) is 5.15. The highest BCUT2D eigenvalue weighted by Crippen LogP contribution is 2.28. The molecule has 1 saturated carbocycles. The number of nitrogens with zero attached hydrogens (tertiary/aromatic N) is 1. The molecule has 1 heterocycles. The molecule has 3 N–H and O–H groups in total. The Hall–Kier alpha value is -0.610. The van der Waals surface area contributed by atoms with Crippen LogP contribution in [0.2, 0.25) is 0 Å². The SMILES string of the molecule is CC(C(N)=O)N1CCC(NCC2CC2)CC1. The molecule has 1 aliphatic carbocycles. The highest BCUT2D eigenvalue weighted by molar-refractivity contribution is 5.79. The molecule has 0 aromatic rings. The van der Waals surface area contributed by atoms with Crippen LogP contribution in [-0.4, -0.2) is 42.5 Å². The molecule has 2 aliphatic rings. The van der Waals surface area contributed by atoms with Gasteiger partial charge in [-0.1, -0.05) is 0 Å². The first kappa shape index (κ1) is 11.9. The van der Waals surface area contributed by atoms with Crippen molar-refractivity contribution in [1.29, 1.82) is 0 Å². The number of hydrogen-bond acceptors (Lipinski definition) is 3. The summed E-state index contributed by atoms with van der Waals surface area (Å²) in [5, 5.41) is 3.63. The van der Waals surface area contributed by atoms with Crippen LogP contribution in [0.5, 0.6) is 0 Å². The van der Waals surface area contributed by atoms with Gasteiger partial charge in [0.2, 0.25) is 5.91 Å². The van der Waals surface area contributed by atoms with E-state index in [4.69, 9.17) is 5.73 Å². The van der Waals surface area contributed by atoms with Gasteiger partial charge in [-0.15, -0.1) is 0 Å². The fourth-order valence-electron chi connectivity index (χ4n) is 2.33. The van der Waals surface area contributed by atoms with Crippen LogP contribution in [-0.2, 0) is 4.79 Å². The zero-order valence-electron chi connectivity index (χ0n) is 10.1. The molecule has 0 radical (unpaired) electrons. The summed E-state index contributed by atoms with van der Waals surface area (Å²) in [6.07, 6.45) is 5.10. The van der Waals surface area contributed by atoms with E-state index in [0.717, 1.165) is 31.8 Å². The van der Waals surface area contributed by atoms with Gasteiger partial charge in [-0.2, -0.15) is 0 Å². The number of rotatable bonds is 5. The fourth-order valence-corrected chi connectivity index (χ4v) is 2.33. The average molecular weight is 225 g/mol. The summed E-state index contributed by atoms with van der Waals surface area (Å²) in [5.74, 6) is 0.743. The van der Waals surface area contributed by atoms with E-state index in [1.165, 1.54) is 19.4 Å². The second-order valence-corrected chi connectivity index (χ2v) is 5.24. The van der Waals surface area contributed by atoms with Crippen LogP contribution in [0.3, 0.4) is 0 Å². The maximum Gasteiger partial charge on any atom is 0.234 e. The third-order valence-corrected chi connectivity index (χ3v) is 3.88. The quantitative estimate of drug-likeness (QED) is 0.708. The van der Waals surface area contributed by atoms with Gasteiger partial charge in [0.25, 0.3) is 0 Å². The van der Waals surface area contributed by atoms with Crippen LogP contribution >= 0.6 is 0 Å². The number of hydrogen-bond donors (Lipinski definition) is 2. The van der Waals surface area contributed by atoms with Crippen molar-refractivity contribution in [2.24, 2.45) is 11.7 Å². The minimum absolute atomic E-state index is 0.107. The molecule has 1 aliphatic heterocycles. The Kier molecular flexibility index (Phi) is 3.82. The summed E-state index contributed by atoms with van der Waals surface area (Å²) in [5.41, 5.74) is 5.31. The van der Waals surface area contributed by atoms with Crippen molar-refractivity contribution in [1.82, 2.24) is 10.2 Å². The van der Waals surface area contributed by atoms with E-state index in [1.807, 2.05) is 6.92 Å². The van der Waals surface area contributed by atoms with E-state index in [0.29, 0.717) is 6.04 Å². The number of carbonyl (C=O) groups is 1. The minimum Gasteiger partial charge on any atom is -0.368 e. The van der Waals surface area contributed by atoms with E-state index in [1.54, 1.807) is 0 Å². The molecular weight excluding hydrogens is 202 g/mol. The highest BCUT2D eigenvalue weighted by atomic mass is 16.1. The minimum atomic E-state index is -0.204. The molecule has 92 valence electrons. The van der Waals surface area contributed by atoms with Crippen molar-refractivity contribution in [3.8, 4) is 0 Å². The van der Waals surface area contributed by atoms with Crippen molar-refractivity contribution in [3.05, 3.63) is 0 Å². The Balaban J connectivity index is 1.66. The predicted molar refractivity (Wildman–Crippen MR) is 64.0 cm³/mol. The third-order valence-electron chi connectivity index (χ3n) is 3.88. The van der Waals surface area contributed by atoms with Crippen LogP contribution in [0, 0.1) is 5.92 Å². The summed E-state index contributed by atoms with van der Waals surface area (Å²) in [6.45, 7) is 5.08. The first-order chi connectivity index (χ1) is 7.66. The maximum atomic E-state index is 11.1. The number of likely N-dealkylation sites (tertiary alicyclic amines) is 1. The Morgan fingerprint density at radius 3 is 2.50 bits per heavy atom. The van der Waals surface area contributed by atoms with Crippen LogP contribution < -0.4 is 11.1 Å². The molecule has 1 amide bonds. The van der Waals surface area contributed by atoms with Gasteiger partial charge in [0.05, 0.1) is 6.04 Å². The molecular formula is C12H23N3O. The molecule has 0 aromatic heterocycles. The highest BCUT2D eigenvalue weighted by Gasteiger charge is 2.27. The number of primary amides is 1. The molecule has 1 saturated heterocycles. The van der Waals surface area contributed by atoms with E-state index >= 15 is 0 Å². The number of piperidine rings is 1. The van der Waals surface area contributed by atoms with E-state index in [9.17, 15) is 4.79 Å². The lowest BCUT2D eigenvalue weighted by molar-refractivity contribution is -0.123. The summed E-state index contributed by atoms with van der Waals surface area (Å²) >= 11 is 0. The van der Waals surface area contributed by atoms with E-state index in [2.05, 4.69) is 10.2 Å². The van der Waals surface area contributed by atoms with Crippen molar-refractivity contribution >= 4 is 5.91 Å². The lowest BCUT2D eigenvalue weighted by Crippen LogP contribution is -2.50. The molecule has 2 rings (SSSR count). The first-order valence-electron chi connectivity index (χ1n) is 6.43. The Morgan fingerprint density at radius 2 is 2.00 bits per heavy atom. The molecule has 1 atom stereocenters. The third kappa shape index (κ3) is 3.19. The van der Waals surface area contributed by atoms with Crippen LogP contribution in [0.1, 0.15) is 32.6 Å². The topological polar surface area (TPSA) is 58.4 Å². The Bertz CT molecular complexity index is 245. The van der Waals surface area contributed by atoms with Gasteiger partial charge in [0.15, 0.2) is 0 Å². The van der Waals surface area contributed by atoms with Crippen LogP contribution in [0.4, 0.5) is 0 Å². The molecule has 0 bridgehead atoms. The monoisotopic (exact) mass is 225 g/mol. The second-order valence-electron chi connectivity index (χ2n) is 5.24. The standard InChI is InChI=1S/C12H23N3O/c1-9(12(13)16)15-6-4-11(5-7-15)14-8-10-2-3-10/h9-11,14H,2-8H2,1H3,(H2,13,16). The summed E-state index contributed by atoms with van der Waals surface area (Å²) < 4.78 is 0. The van der Waals surface area contributed by atoms with Gasteiger partial charge in [0, 0.05) is 19.1 Å². The Labute approximate surface area is 97.6 Å².